The Kier molecular flexibility index (Phi) is 6.43. The minimum Gasteiger partial charge on any atom is -0.436 e. The minimum absolute atomic E-state index is 0.122. The van der Waals surface area contributed by atoms with Crippen LogP contribution in [0.25, 0.3) is 0 Å². The highest BCUT2D eigenvalue weighted by Gasteiger charge is 2.16. The Morgan fingerprint density at radius 1 is 1.16 bits per heavy atom. The summed E-state index contributed by atoms with van der Waals surface area (Å²) in [5.74, 6) is 2.50. The van der Waals surface area contributed by atoms with Crippen molar-refractivity contribution < 1.29 is 19.1 Å². The average Bonchev–Trinajstić information content (AvgIpc) is 2.62. The van der Waals surface area contributed by atoms with Crippen LogP contribution in [0.3, 0.4) is 0 Å². The van der Waals surface area contributed by atoms with E-state index >= 15 is 0 Å². The van der Waals surface area contributed by atoms with E-state index in [1.165, 1.54) is 11.0 Å². The van der Waals surface area contributed by atoms with Crippen LogP contribution in [-0.2, 0) is 4.74 Å². The molecule has 0 unspecified atom stereocenters. The highest BCUT2D eigenvalue weighted by atomic mass is 16.6. The number of hydrogen-bond donors (Lipinski definition) is 1. The van der Waals surface area contributed by atoms with Crippen molar-refractivity contribution in [1.82, 2.24) is 0 Å². The summed E-state index contributed by atoms with van der Waals surface area (Å²) in [4.78, 5) is 25.4. The molecule has 2 amide bonds. The molecule has 0 bridgehead atoms. The first-order chi connectivity index (χ1) is 12.1. The maximum Gasteiger partial charge on any atom is 0.419 e. The van der Waals surface area contributed by atoms with E-state index in [4.69, 9.17) is 15.9 Å². The number of benzene rings is 2. The van der Waals surface area contributed by atoms with Crippen LogP contribution >= 0.6 is 0 Å². The molecule has 1 N–H and O–H groups in total. The fourth-order valence-electron chi connectivity index (χ4n) is 2.08. The van der Waals surface area contributed by atoms with Crippen LogP contribution in [0.5, 0.6) is 5.75 Å². The predicted molar refractivity (Wildman–Crippen MR) is 95.7 cm³/mol. The average molecular weight is 338 g/mol. The summed E-state index contributed by atoms with van der Waals surface area (Å²) in [6, 6.07) is 15.6. The first-order valence-corrected chi connectivity index (χ1v) is 7.65. The number of ether oxygens (including phenoxy) is 2. The lowest BCUT2D eigenvalue weighted by Gasteiger charge is -2.20. The smallest absolute Gasteiger partial charge is 0.419 e. The molecule has 6 heteroatoms. The second kappa shape index (κ2) is 8.99. The third-order valence-electron chi connectivity index (χ3n) is 3.18. The molecule has 0 aromatic heterocycles. The van der Waals surface area contributed by atoms with Crippen molar-refractivity contribution in [2.75, 3.05) is 23.4 Å². The van der Waals surface area contributed by atoms with Crippen LogP contribution in [0.4, 0.5) is 21.0 Å². The van der Waals surface area contributed by atoms with Gasteiger partial charge in [-0.25, -0.2) is 9.59 Å². The molecule has 0 radical (unpaired) electrons. The Morgan fingerprint density at radius 2 is 1.92 bits per heavy atom. The van der Waals surface area contributed by atoms with Crippen molar-refractivity contribution in [3.8, 4) is 18.1 Å². The number of para-hydroxylation sites is 1. The normalized spacial score (nSPS) is 9.60. The Hall–Kier alpha value is -3.46. The maximum atomic E-state index is 12.4. The van der Waals surface area contributed by atoms with E-state index in [1.54, 1.807) is 18.2 Å². The Morgan fingerprint density at radius 3 is 2.60 bits per heavy atom. The molecule has 0 spiro atoms. The molecule has 128 valence electrons. The largest absolute Gasteiger partial charge is 0.436 e. The number of hydrogen-bond acceptors (Lipinski definition) is 4. The van der Waals surface area contributed by atoms with Gasteiger partial charge in [-0.3, -0.25) is 10.2 Å². The van der Waals surface area contributed by atoms with Gasteiger partial charge in [-0.05, 0) is 31.2 Å². The van der Waals surface area contributed by atoms with E-state index in [0.29, 0.717) is 18.0 Å². The summed E-state index contributed by atoms with van der Waals surface area (Å²) in [5.41, 5.74) is 1.16. The van der Waals surface area contributed by atoms with Crippen molar-refractivity contribution in [1.29, 1.82) is 0 Å². The number of carbonyl (C=O) groups is 2. The number of amides is 2. The van der Waals surface area contributed by atoms with Crippen LogP contribution in [0.1, 0.15) is 6.92 Å². The van der Waals surface area contributed by atoms with Crippen molar-refractivity contribution >= 4 is 23.6 Å². The molecule has 0 atom stereocenters. The fraction of sp³-hybridized carbons (Fsp3) is 0.158. The van der Waals surface area contributed by atoms with Crippen molar-refractivity contribution in [2.45, 2.75) is 6.92 Å². The van der Waals surface area contributed by atoms with E-state index in [1.807, 2.05) is 37.3 Å². The fourth-order valence-corrected chi connectivity index (χ4v) is 2.08. The molecule has 0 aliphatic carbocycles. The third-order valence-corrected chi connectivity index (χ3v) is 3.18. The standard InChI is InChI=1S/C19H18N2O4/c1-3-13-24-18(22)20-15-9-8-12-17(14-15)25-19(23)21(4-2)16-10-6-5-7-11-16/h1,5-12,14H,4,13H2,2H3,(H,20,22). The summed E-state index contributed by atoms with van der Waals surface area (Å²) in [6.07, 6.45) is 3.83. The van der Waals surface area contributed by atoms with E-state index in [2.05, 4.69) is 11.2 Å². The molecule has 0 fully saturated rings. The quantitative estimate of drug-likeness (QED) is 0.840. The molecule has 0 saturated heterocycles. The van der Waals surface area contributed by atoms with Gasteiger partial charge in [0.15, 0.2) is 6.61 Å². The topological polar surface area (TPSA) is 67.9 Å². The van der Waals surface area contributed by atoms with E-state index < -0.39 is 12.2 Å². The summed E-state index contributed by atoms with van der Waals surface area (Å²) in [5, 5.41) is 2.50. The van der Waals surface area contributed by atoms with E-state index in [9.17, 15) is 9.59 Å². The number of nitrogens with zero attached hydrogens (tertiary/aromatic N) is 1. The molecule has 2 rings (SSSR count). The molecular formula is C19H18N2O4. The van der Waals surface area contributed by atoms with Gasteiger partial charge in [0, 0.05) is 24.0 Å². The van der Waals surface area contributed by atoms with Gasteiger partial charge in [0.2, 0.25) is 0 Å². The highest BCUT2D eigenvalue weighted by molar-refractivity contribution is 5.89. The SMILES string of the molecule is C#CCOC(=O)Nc1cccc(OC(=O)N(CC)c2ccccc2)c1. The zero-order valence-electron chi connectivity index (χ0n) is 13.8. The molecule has 6 nitrogen and oxygen atoms in total. The Labute approximate surface area is 146 Å². The molecule has 0 heterocycles. The number of carbonyl (C=O) groups excluding carboxylic acids is 2. The lowest BCUT2D eigenvalue weighted by Crippen LogP contribution is -2.33. The lowest BCUT2D eigenvalue weighted by atomic mass is 10.3. The summed E-state index contributed by atoms with van der Waals surface area (Å²) in [6.45, 7) is 2.19. The number of anilines is 2. The maximum absolute atomic E-state index is 12.4. The molecule has 2 aromatic carbocycles. The molecule has 0 aliphatic heterocycles. The van der Waals surface area contributed by atoms with Crippen LogP contribution in [-0.4, -0.2) is 25.3 Å². The zero-order chi connectivity index (χ0) is 18.1. The number of terminal acetylenes is 1. The van der Waals surface area contributed by atoms with Crippen molar-refractivity contribution in [3.05, 3.63) is 54.6 Å². The third kappa shape index (κ3) is 5.29. The van der Waals surface area contributed by atoms with Crippen molar-refractivity contribution in [3.63, 3.8) is 0 Å². The van der Waals surface area contributed by atoms with Gasteiger partial charge in [0.05, 0.1) is 0 Å². The monoisotopic (exact) mass is 338 g/mol. The number of nitrogens with one attached hydrogen (secondary N) is 1. The second-order valence-electron chi connectivity index (χ2n) is 4.88. The molecule has 25 heavy (non-hydrogen) atoms. The van der Waals surface area contributed by atoms with Gasteiger partial charge in [-0.2, -0.15) is 0 Å². The van der Waals surface area contributed by atoms with Gasteiger partial charge in [-0.15, -0.1) is 6.42 Å². The summed E-state index contributed by atoms with van der Waals surface area (Å²) >= 11 is 0. The first-order valence-electron chi connectivity index (χ1n) is 7.65. The Balaban J connectivity index is 2.04. The van der Waals surface area contributed by atoms with Crippen LogP contribution < -0.4 is 15.0 Å². The van der Waals surface area contributed by atoms with Gasteiger partial charge >= 0.3 is 12.2 Å². The van der Waals surface area contributed by atoms with Crippen molar-refractivity contribution in [2.24, 2.45) is 0 Å². The van der Waals surface area contributed by atoms with E-state index in [-0.39, 0.29) is 6.61 Å². The highest BCUT2D eigenvalue weighted by Crippen LogP contribution is 2.20. The summed E-state index contributed by atoms with van der Waals surface area (Å²) < 4.78 is 10.1. The molecule has 2 aromatic rings. The van der Waals surface area contributed by atoms with Gasteiger partial charge < -0.3 is 9.47 Å². The Bertz CT molecular complexity index is 768. The van der Waals surface area contributed by atoms with Gasteiger partial charge in [0.1, 0.15) is 5.75 Å². The zero-order valence-corrected chi connectivity index (χ0v) is 13.8. The van der Waals surface area contributed by atoms with Gasteiger partial charge in [0.25, 0.3) is 0 Å². The van der Waals surface area contributed by atoms with E-state index in [0.717, 1.165) is 5.69 Å². The predicted octanol–water partition coefficient (Wildman–Crippen LogP) is 3.89. The first kappa shape index (κ1) is 17.9. The van der Waals surface area contributed by atoms with Crippen LogP contribution in [0.2, 0.25) is 0 Å². The van der Waals surface area contributed by atoms with Gasteiger partial charge in [-0.1, -0.05) is 30.2 Å². The molecule has 0 saturated carbocycles. The minimum atomic E-state index is -0.680. The lowest BCUT2D eigenvalue weighted by molar-refractivity contribution is 0.176. The number of rotatable bonds is 5. The second-order valence-corrected chi connectivity index (χ2v) is 4.88. The summed E-state index contributed by atoms with van der Waals surface area (Å²) in [7, 11) is 0. The van der Waals surface area contributed by atoms with Crippen LogP contribution in [0.15, 0.2) is 54.6 Å². The molecule has 0 aliphatic rings. The van der Waals surface area contributed by atoms with Crippen LogP contribution in [0, 0.1) is 12.3 Å². The molecular weight excluding hydrogens is 320 g/mol.